The van der Waals surface area contributed by atoms with Gasteiger partial charge in [0, 0.05) is 25.7 Å². The molecule has 86 valence electrons. The summed E-state index contributed by atoms with van der Waals surface area (Å²) in [5.41, 5.74) is 1.18. The molecule has 0 spiro atoms. The molecule has 0 saturated carbocycles. The van der Waals surface area contributed by atoms with Crippen LogP contribution in [0.2, 0.25) is 0 Å². The van der Waals surface area contributed by atoms with Crippen LogP contribution in [0.5, 0.6) is 0 Å². The quantitative estimate of drug-likeness (QED) is 0.776. The highest BCUT2D eigenvalue weighted by molar-refractivity contribution is 5.01. The van der Waals surface area contributed by atoms with E-state index < -0.39 is 0 Å². The molecule has 1 heterocycles. The van der Waals surface area contributed by atoms with Gasteiger partial charge in [0.15, 0.2) is 0 Å². The van der Waals surface area contributed by atoms with E-state index >= 15 is 0 Å². The van der Waals surface area contributed by atoms with Gasteiger partial charge in [-0.2, -0.15) is 5.10 Å². The number of rotatable bonds is 6. The van der Waals surface area contributed by atoms with Crippen LogP contribution in [0.4, 0.5) is 0 Å². The van der Waals surface area contributed by atoms with Crippen LogP contribution >= 0.6 is 0 Å². The third-order valence-corrected chi connectivity index (χ3v) is 2.47. The average molecular weight is 209 g/mol. The Bertz CT molecular complexity index is 278. The van der Waals surface area contributed by atoms with E-state index in [0.29, 0.717) is 6.04 Å². The summed E-state index contributed by atoms with van der Waals surface area (Å²) < 4.78 is 1.87. The molecular formula is C12H23N3. The third-order valence-electron chi connectivity index (χ3n) is 2.47. The number of aryl methyl sites for hydroxylation is 1. The maximum absolute atomic E-state index is 4.42. The average Bonchev–Trinajstić information content (AvgIpc) is 2.50. The molecule has 1 aromatic heterocycles. The Morgan fingerprint density at radius 3 is 2.67 bits per heavy atom. The van der Waals surface area contributed by atoms with Crippen molar-refractivity contribution in [3.63, 3.8) is 0 Å². The molecule has 0 radical (unpaired) electrons. The van der Waals surface area contributed by atoms with Crippen LogP contribution in [-0.4, -0.2) is 22.4 Å². The van der Waals surface area contributed by atoms with Crippen molar-refractivity contribution < 1.29 is 0 Å². The van der Waals surface area contributed by atoms with Gasteiger partial charge in [-0.3, -0.25) is 4.68 Å². The van der Waals surface area contributed by atoms with E-state index in [1.807, 2.05) is 17.9 Å². The van der Waals surface area contributed by atoms with Crippen LogP contribution in [0.3, 0.4) is 0 Å². The standard InChI is InChI=1S/C12H23N3/c1-5-13-12(8-10(2)3)9-11-6-7-15(4)14-11/h6-7,10,12-13H,5,8-9H2,1-4H3. The number of aromatic nitrogens is 2. The molecule has 0 aliphatic carbocycles. The van der Waals surface area contributed by atoms with Gasteiger partial charge in [-0.15, -0.1) is 0 Å². The minimum atomic E-state index is 0.560. The highest BCUT2D eigenvalue weighted by atomic mass is 15.2. The predicted octanol–water partition coefficient (Wildman–Crippen LogP) is 1.99. The second-order valence-electron chi connectivity index (χ2n) is 4.57. The molecule has 15 heavy (non-hydrogen) atoms. The van der Waals surface area contributed by atoms with Crippen molar-refractivity contribution in [1.82, 2.24) is 15.1 Å². The highest BCUT2D eigenvalue weighted by Crippen LogP contribution is 2.09. The Morgan fingerprint density at radius 1 is 1.47 bits per heavy atom. The van der Waals surface area contributed by atoms with Crippen molar-refractivity contribution >= 4 is 0 Å². The fraction of sp³-hybridized carbons (Fsp3) is 0.750. The lowest BCUT2D eigenvalue weighted by Crippen LogP contribution is -2.32. The zero-order valence-corrected chi connectivity index (χ0v) is 10.3. The lowest BCUT2D eigenvalue weighted by atomic mass is 10.00. The summed E-state index contributed by atoms with van der Waals surface area (Å²) in [4.78, 5) is 0. The summed E-state index contributed by atoms with van der Waals surface area (Å²) in [6.45, 7) is 7.72. The maximum atomic E-state index is 4.42. The van der Waals surface area contributed by atoms with Gasteiger partial charge in [0.05, 0.1) is 5.69 Å². The number of nitrogens with one attached hydrogen (secondary N) is 1. The molecule has 1 unspecified atom stereocenters. The van der Waals surface area contributed by atoms with Gasteiger partial charge in [0.25, 0.3) is 0 Å². The van der Waals surface area contributed by atoms with Gasteiger partial charge < -0.3 is 5.32 Å². The maximum Gasteiger partial charge on any atom is 0.0640 e. The Labute approximate surface area is 92.9 Å². The molecule has 3 nitrogen and oxygen atoms in total. The van der Waals surface area contributed by atoms with Crippen LogP contribution in [-0.2, 0) is 13.5 Å². The molecule has 1 atom stereocenters. The molecule has 0 saturated heterocycles. The van der Waals surface area contributed by atoms with Crippen molar-refractivity contribution in [2.45, 2.75) is 39.7 Å². The minimum Gasteiger partial charge on any atom is -0.314 e. The minimum absolute atomic E-state index is 0.560. The van der Waals surface area contributed by atoms with Crippen molar-refractivity contribution in [3.8, 4) is 0 Å². The molecule has 0 aliphatic heterocycles. The van der Waals surface area contributed by atoms with E-state index in [4.69, 9.17) is 0 Å². The summed E-state index contributed by atoms with van der Waals surface area (Å²) in [7, 11) is 1.97. The molecule has 3 heteroatoms. The molecule has 1 N–H and O–H groups in total. The van der Waals surface area contributed by atoms with E-state index in [2.05, 4.69) is 37.3 Å². The van der Waals surface area contributed by atoms with E-state index in [1.165, 1.54) is 12.1 Å². The van der Waals surface area contributed by atoms with Crippen molar-refractivity contribution in [1.29, 1.82) is 0 Å². The summed E-state index contributed by atoms with van der Waals surface area (Å²) >= 11 is 0. The normalized spacial score (nSPS) is 13.4. The SMILES string of the molecule is CCNC(Cc1ccn(C)n1)CC(C)C. The van der Waals surface area contributed by atoms with E-state index in [1.54, 1.807) is 0 Å². The lowest BCUT2D eigenvalue weighted by Gasteiger charge is -2.18. The first-order valence-corrected chi connectivity index (χ1v) is 5.83. The molecule has 0 bridgehead atoms. The first kappa shape index (κ1) is 12.2. The van der Waals surface area contributed by atoms with Crippen LogP contribution in [0.1, 0.15) is 32.9 Å². The number of likely N-dealkylation sites (N-methyl/N-ethyl adjacent to an activating group) is 1. The van der Waals surface area contributed by atoms with Gasteiger partial charge in [0.1, 0.15) is 0 Å². The topological polar surface area (TPSA) is 29.9 Å². The molecule has 0 amide bonds. The summed E-state index contributed by atoms with van der Waals surface area (Å²) in [5, 5.41) is 7.94. The van der Waals surface area contributed by atoms with Crippen LogP contribution < -0.4 is 5.32 Å². The molecule has 0 aromatic carbocycles. The molecule has 0 aliphatic rings. The number of hydrogen-bond donors (Lipinski definition) is 1. The van der Waals surface area contributed by atoms with Crippen molar-refractivity contribution in [3.05, 3.63) is 18.0 Å². The molecule has 0 fully saturated rings. The van der Waals surface area contributed by atoms with Gasteiger partial charge in [-0.1, -0.05) is 20.8 Å². The van der Waals surface area contributed by atoms with Gasteiger partial charge in [-0.25, -0.2) is 0 Å². The van der Waals surface area contributed by atoms with Gasteiger partial charge >= 0.3 is 0 Å². The summed E-state index contributed by atoms with van der Waals surface area (Å²) in [6.07, 6.45) is 4.25. The lowest BCUT2D eigenvalue weighted by molar-refractivity contribution is 0.420. The monoisotopic (exact) mass is 209 g/mol. The van der Waals surface area contributed by atoms with Crippen molar-refractivity contribution in [2.24, 2.45) is 13.0 Å². The fourth-order valence-electron chi connectivity index (χ4n) is 1.92. The van der Waals surface area contributed by atoms with Crippen LogP contribution in [0, 0.1) is 5.92 Å². The second kappa shape index (κ2) is 5.91. The largest absolute Gasteiger partial charge is 0.314 e. The fourth-order valence-corrected chi connectivity index (χ4v) is 1.92. The Morgan fingerprint density at radius 2 is 2.20 bits per heavy atom. The third kappa shape index (κ3) is 4.47. The van der Waals surface area contributed by atoms with E-state index in [0.717, 1.165) is 18.9 Å². The highest BCUT2D eigenvalue weighted by Gasteiger charge is 2.11. The smallest absolute Gasteiger partial charge is 0.0640 e. The zero-order chi connectivity index (χ0) is 11.3. The van der Waals surface area contributed by atoms with E-state index in [9.17, 15) is 0 Å². The number of hydrogen-bond acceptors (Lipinski definition) is 2. The Balaban J connectivity index is 2.50. The first-order chi connectivity index (χ1) is 7.11. The van der Waals surface area contributed by atoms with Crippen LogP contribution in [0.25, 0.3) is 0 Å². The van der Waals surface area contributed by atoms with Gasteiger partial charge in [-0.05, 0) is 24.9 Å². The van der Waals surface area contributed by atoms with E-state index in [-0.39, 0.29) is 0 Å². The zero-order valence-electron chi connectivity index (χ0n) is 10.3. The predicted molar refractivity (Wildman–Crippen MR) is 63.8 cm³/mol. The first-order valence-electron chi connectivity index (χ1n) is 5.83. The summed E-state index contributed by atoms with van der Waals surface area (Å²) in [5.74, 6) is 0.734. The molecule has 1 aromatic rings. The molecule has 1 rings (SSSR count). The van der Waals surface area contributed by atoms with Crippen molar-refractivity contribution in [2.75, 3.05) is 6.54 Å². The second-order valence-corrected chi connectivity index (χ2v) is 4.57. The Kier molecular flexibility index (Phi) is 4.82. The number of nitrogens with zero attached hydrogens (tertiary/aromatic N) is 2. The molecular weight excluding hydrogens is 186 g/mol. The summed E-state index contributed by atoms with van der Waals surface area (Å²) in [6, 6.07) is 2.66. The Hall–Kier alpha value is -0.830. The van der Waals surface area contributed by atoms with Gasteiger partial charge in [0.2, 0.25) is 0 Å². The van der Waals surface area contributed by atoms with Crippen LogP contribution in [0.15, 0.2) is 12.3 Å².